The first-order valence-electron chi connectivity index (χ1n) is 5.05. The minimum atomic E-state index is -0.0755. The molecule has 0 aliphatic heterocycles. The molecule has 0 heterocycles. The molecule has 1 atom stereocenters. The predicted molar refractivity (Wildman–Crippen MR) is 69.7 cm³/mol. The van der Waals surface area contributed by atoms with Gasteiger partial charge in [-0.05, 0) is 43.5 Å². The van der Waals surface area contributed by atoms with Gasteiger partial charge in [-0.15, -0.1) is 11.6 Å². The number of rotatable bonds is 5. The van der Waals surface area contributed by atoms with E-state index in [1.807, 2.05) is 0 Å². The first kappa shape index (κ1) is 13.8. The average Bonchev–Trinajstić information content (AvgIpc) is 2.22. The smallest absolute Gasteiger partial charge is 0.133 e. The molecular weight excluding hydrogens is 266 g/mol. The third-order valence-electron chi connectivity index (χ3n) is 2.51. The van der Waals surface area contributed by atoms with Gasteiger partial charge in [0.15, 0.2) is 0 Å². The molecule has 0 radical (unpaired) electrons. The minimum Gasteiger partial charge on any atom is -0.300 e. The topological polar surface area (TPSA) is 17.1 Å². The van der Waals surface area contributed by atoms with Crippen molar-refractivity contribution in [1.82, 2.24) is 0 Å². The molecule has 0 fully saturated rings. The summed E-state index contributed by atoms with van der Waals surface area (Å²) in [5.74, 6) is 0.535. The van der Waals surface area contributed by atoms with Crippen LogP contribution >= 0.6 is 34.8 Å². The molecule has 16 heavy (non-hydrogen) atoms. The van der Waals surface area contributed by atoms with Gasteiger partial charge in [0.25, 0.3) is 0 Å². The van der Waals surface area contributed by atoms with Gasteiger partial charge in [-0.3, -0.25) is 4.79 Å². The number of carbonyl (C=O) groups is 1. The maximum Gasteiger partial charge on any atom is 0.133 e. The van der Waals surface area contributed by atoms with Crippen LogP contribution in [0.5, 0.6) is 0 Å². The van der Waals surface area contributed by atoms with Gasteiger partial charge in [-0.25, -0.2) is 0 Å². The highest BCUT2D eigenvalue weighted by atomic mass is 35.5. The van der Waals surface area contributed by atoms with Gasteiger partial charge in [0.1, 0.15) is 5.78 Å². The fourth-order valence-electron chi connectivity index (χ4n) is 1.55. The van der Waals surface area contributed by atoms with Crippen LogP contribution < -0.4 is 0 Å². The molecule has 1 unspecified atom stereocenters. The van der Waals surface area contributed by atoms with Crippen molar-refractivity contribution in [1.29, 1.82) is 0 Å². The van der Waals surface area contributed by atoms with E-state index >= 15 is 0 Å². The van der Waals surface area contributed by atoms with Crippen molar-refractivity contribution in [2.24, 2.45) is 5.92 Å². The van der Waals surface area contributed by atoms with E-state index in [0.717, 1.165) is 5.56 Å². The van der Waals surface area contributed by atoms with Crippen molar-refractivity contribution >= 4 is 40.6 Å². The van der Waals surface area contributed by atoms with Crippen molar-refractivity contribution in [3.8, 4) is 0 Å². The lowest BCUT2D eigenvalue weighted by Gasteiger charge is -2.13. The van der Waals surface area contributed by atoms with Crippen LogP contribution in [0.1, 0.15) is 18.9 Å². The van der Waals surface area contributed by atoms with Crippen molar-refractivity contribution < 1.29 is 4.79 Å². The maximum atomic E-state index is 11.4. The van der Waals surface area contributed by atoms with Crippen LogP contribution in [0.3, 0.4) is 0 Å². The summed E-state index contributed by atoms with van der Waals surface area (Å²) < 4.78 is 0. The van der Waals surface area contributed by atoms with E-state index in [1.165, 1.54) is 0 Å². The first-order chi connectivity index (χ1) is 7.54. The summed E-state index contributed by atoms with van der Waals surface area (Å²) in [6, 6.07) is 5.28. The van der Waals surface area contributed by atoms with E-state index in [1.54, 1.807) is 25.1 Å². The zero-order valence-electron chi connectivity index (χ0n) is 8.97. The molecule has 0 aliphatic rings. The quantitative estimate of drug-likeness (QED) is 0.732. The number of Topliss-reactive ketones (excluding diaryl/α,β-unsaturated/α-hetero) is 1. The third kappa shape index (κ3) is 3.97. The molecule has 1 nitrogen and oxygen atoms in total. The summed E-state index contributed by atoms with van der Waals surface area (Å²) in [4.78, 5) is 11.4. The standard InChI is InChI=1S/C12H13Cl3O/c1-8(16)9(4-5-13)6-10-7-11(14)2-3-12(10)15/h2-3,7,9H,4-6H2,1H3. The Labute approximate surface area is 111 Å². The Morgan fingerprint density at radius 3 is 2.62 bits per heavy atom. The van der Waals surface area contributed by atoms with Crippen molar-refractivity contribution in [2.75, 3.05) is 5.88 Å². The Kier molecular flexibility index (Phi) is 5.60. The number of hydrogen-bond acceptors (Lipinski definition) is 1. The zero-order chi connectivity index (χ0) is 12.1. The summed E-state index contributed by atoms with van der Waals surface area (Å²) in [5.41, 5.74) is 0.902. The van der Waals surface area contributed by atoms with Crippen LogP contribution in [0, 0.1) is 5.92 Å². The highest BCUT2D eigenvalue weighted by Gasteiger charge is 2.16. The monoisotopic (exact) mass is 278 g/mol. The van der Waals surface area contributed by atoms with Gasteiger partial charge in [0.05, 0.1) is 0 Å². The summed E-state index contributed by atoms with van der Waals surface area (Å²) in [5, 5.41) is 1.28. The van der Waals surface area contributed by atoms with Crippen LogP contribution in [0.15, 0.2) is 18.2 Å². The normalized spacial score (nSPS) is 12.5. The van der Waals surface area contributed by atoms with Crippen LogP contribution in [0.4, 0.5) is 0 Å². The number of ketones is 1. The zero-order valence-corrected chi connectivity index (χ0v) is 11.2. The summed E-state index contributed by atoms with van der Waals surface area (Å²) >= 11 is 17.6. The maximum absolute atomic E-state index is 11.4. The molecule has 88 valence electrons. The van der Waals surface area contributed by atoms with E-state index < -0.39 is 0 Å². The van der Waals surface area contributed by atoms with Gasteiger partial charge in [0.2, 0.25) is 0 Å². The molecule has 0 saturated carbocycles. The van der Waals surface area contributed by atoms with Crippen molar-refractivity contribution in [3.05, 3.63) is 33.8 Å². The third-order valence-corrected chi connectivity index (χ3v) is 3.33. The van der Waals surface area contributed by atoms with Crippen LogP contribution in [0.2, 0.25) is 10.0 Å². The van der Waals surface area contributed by atoms with Crippen molar-refractivity contribution in [2.45, 2.75) is 19.8 Å². The largest absolute Gasteiger partial charge is 0.300 e. The van der Waals surface area contributed by atoms with Gasteiger partial charge in [-0.2, -0.15) is 0 Å². The Hall–Kier alpha value is -0.240. The van der Waals surface area contributed by atoms with Crippen LogP contribution in [-0.2, 0) is 11.2 Å². The molecule has 0 aliphatic carbocycles. The second kappa shape index (κ2) is 6.48. The molecule has 0 bridgehead atoms. The Bertz CT molecular complexity index is 377. The second-order valence-corrected chi connectivity index (χ2v) is 4.95. The summed E-state index contributed by atoms with van der Waals surface area (Å²) in [7, 11) is 0. The van der Waals surface area contributed by atoms with Gasteiger partial charge >= 0.3 is 0 Å². The lowest BCUT2D eigenvalue weighted by molar-refractivity contribution is -0.120. The summed E-state index contributed by atoms with van der Waals surface area (Å²) in [6.45, 7) is 1.58. The van der Waals surface area contributed by atoms with E-state index in [4.69, 9.17) is 34.8 Å². The SMILES string of the molecule is CC(=O)C(CCCl)Cc1cc(Cl)ccc1Cl. The Balaban J connectivity index is 2.84. The van der Waals surface area contributed by atoms with Gasteiger partial charge < -0.3 is 0 Å². The fourth-order valence-corrected chi connectivity index (χ4v) is 2.20. The van der Waals surface area contributed by atoms with E-state index in [2.05, 4.69) is 0 Å². The number of carbonyl (C=O) groups excluding carboxylic acids is 1. The molecule has 4 heteroatoms. The molecule has 0 N–H and O–H groups in total. The highest BCUT2D eigenvalue weighted by molar-refractivity contribution is 6.33. The molecule has 1 aromatic rings. The molecule has 0 aromatic heterocycles. The number of benzene rings is 1. The van der Waals surface area contributed by atoms with Gasteiger partial charge in [0, 0.05) is 21.8 Å². The number of alkyl halides is 1. The molecular formula is C12H13Cl3O. The van der Waals surface area contributed by atoms with E-state index in [0.29, 0.717) is 28.8 Å². The fraction of sp³-hybridized carbons (Fsp3) is 0.417. The minimum absolute atomic E-state index is 0.0755. The predicted octanol–water partition coefficient (Wildman–Crippen LogP) is 4.37. The van der Waals surface area contributed by atoms with E-state index in [9.17, 15) is 4.79 Å². The Morgan fingerprint density at radius 1 is 1.38 bits per heavy atom. The van der Waals surface area contributed by atoms with Gasteiger partial charge in [-0.1, -0.05) is 23.2 Å². The average molecular weight is 280 g/mol. The van der Waals surface area contributed by atoms with E-state index in [-0.39, 0.29) is 11.7 Å². The van der Waals surface area contributed by atoms with Crippen LogP contribution in [-0.4, -0.2) is 11.7 Å². The molecule has 1 rings (SSSR count). The number of hydrogen-bond donors (Lipinski definition) is 0. The summed E-state index contributed by atoms with van der Waals surface area (Å²) in [6.07, 6.45) is 1.27. The Morgan fingerprint density at radius 2 is 2.06 bits per heavy atom. The lowest BCUT2D eigenvalue weighted by Crippen LogP contribution is -2.14. The lowest BCUT2D eigenvalue weighted by atomic mass is 9.93. The number of halogens is 3. The molecule has 0 spiro atoms. The highest BCUT2D eigenvalue weighted by Crippen LogP contribution is 2.24. The van der Waals surface area contributed by atoms with Crippen molar-refractivity contribution in [3.63, 3.8) is 0 Å². The van der Waals surface area contributed by atoms with Crippen LogP contribution in [0.25, 0.3) is 0 Å². The molecule has 0 amide bonds. The second-order valence-electron chi connectivity index (χ2n) is 3.73. The molecule has 0 saturated heterocycles. The molecule has 1 aromatic carbocycles. The first-order valence-corrected chi connectivity index (χ1v) is 6.34.